The van der Waals surface area contributed by atoms with Gasteiger partial charge in [-0.1, -0.05) is 22.9 Å². The highest BCUT2D eigenvalue weighted by Gasteiger charge is 2.27. The molecule has 2 N–H and O–H groups in total. The van der Waals surface area contributed by atoms with E-state index < -0.39 is 0 Å². The predicted molar refractivity (Wildman–Crippen MR) is 107 cm³/mol. The Labute approximate surface area is 166 Å². The lowest BCUT2D eigenvalue weighted by molar-refractivity contribution is 0.0921. The summed E-state index contributed by atoms with van der Waals surface area (Å²) in [6, 6.07) is 7.07. The zero-order valence-electron chi connectivity index (χ0n) is 15.4. The molecule has 0 fully saturated rings. The first kappa shape index (κ1) is 19.4. The van der Waals surface area contributed by atoms with Gasteiger partial charge >= 0.3 is 0 Å². The predicted octanol–water partition coefficient (Wildman–Crippen LogP) is 3.96. The second-order valence-corrected chi connectivity index (χ2v) is 7.39. The number of carbonyl (C=O) groups is 2. The van der Waals surface area contributed by atoms with Gasteiger partial charge in [-0.15, -0.1) is 0 Å². The number of halogens is 1. The number of nitrogens with zero attached hydrogens (tertiary/aromatic N) is 1. The van der Waals surface area contributed by atoms with Crippen molar-refractivity contribution in [1.29, 1.82) is 0 Å². The maximum atomic E-state index is 12.3. The molecule has 7 heteroatoms. The lowest BCUT2D eigenvalue weighted by Gasteiger charge is -2.13. The van der Waals surface area contributed by atoms with E-state index in [1.54, 1.807) is 12.1 Å². The number of carbonyl (C=O) groups excluding carboxylic acids is 2. The molecule has 2 amide bonds. The number of aryl methyl sites for hydroxylation is 1. The summed E-state index contributed by atoms with van der Waals surface area (Å²) in [7, 11) is 0. The number of furan rings is 1. The van der Waals surface area contributed by atoms with Gasteiger partial charge in [0, 0.05) is 34.1 Å². The van der Waals surface area contributed by atoms with Crippen molar-refractivity contribution in [1.82, 2.24) is 10.7 Å². The van der Waals surface area contributed by atoms with Crippen LogP contribution < -0.4 is 10.7 Å². The molecular weight excluding hydrogens is 410 g/mol. The molecule has 0 atom stereocenters. The fraction of sp³-hybridized carbons (Fsp3) is 0.350. The van der Waals surface area contributed by atoms with Gasteiger partial charge in [-0.2, -0.15) is 5.10 Å². The number of amides is 2. The standard InChI is InChI=1S/C20H22BrN3O3/c1-3-11-22-20(26)18-12(2)17-15(5-4-6-16(17)27-18)23-24-19(25)13-7-9-14(21)10-8-13/h7-10H,3-6,11H2,1-2H3,(H,22,26)(H,24,25)/b23-15+. The molecule has 0 spiro atoms. The smallest absolute Gasteiger partial charge is 0.287 e. The van der Waals surface area contributed by atoms with Crippen molar-refractivity contribution in [2.24, 2.45) is 5.10 Å². The van der Waals surface area contributed by atoms with Crippen LogP contribution >= 0.6 is 15.9 Å². The van der Waals surface area contributed by atoms with Gasteiger partial charge in [-0.25, -0.2) is 5.43 Å². The third-order valence-electron chi connectivity index (χ3n) is 4.47. The van der Waals surface area contributed by atoms with Crippen LogP contribution in [0.4, 0.5) is 0 Å². The van der Waals surface area contributed by atoms with Crippen molar-refractivity contribution in [3.63, 3.8) is 0 Å². The van der Waals surface area contributed by atoms with Crippen LogP contribution in [0.15, 0.2) is 38.3 Å². The van der Waals surface area contributed by atoms with Gasteiger partial charge in [0.25, 0.3) is 11.8 Å². The van der Waals surface area contributed by atoms with E-state index in [-0.39, 0.29) is 11.8 Å². The lowest BCUT2D eigenvalue weighted by Crippen LogP contribution is -2.24. The Morgan fingerprint density at radius 1 is 1.19 bits per heavy atom. The molecule has 6 nitrogen and oxygen atoms in total. The highest BCUT2D eigenvalue weighted by atomic mass is 79.9. The summed E-state index contributed by atoms with van der Waals surface area (Å²) in [5, 5.41) is 7.18. The summed E-state index contributed by atoms with van der Waals surface area (Å²) in [4.78, 5) is 24.6. The van der Waals surface area contributed by atoms with Crippen molar-refractivity contribution in [3.05, 3.63) is 56.9 Å². The van der Waals surface area contributed by atoms with Crippen LogP contribution in [0.2, 0.25) is 0 Å². The quantitative estimate of drug-likeness (QED) is 0.702. The minimum Gasteiger partial charge on any atom is -0.455 e. The lowest BCUT2D eigenvalue weighted by atomic mass is 9.93. The van der Waals surface area contributed by atoms with Gasteiger partial charge in [-0.3, -0.25) is 9.59 Å². The number of hydrazone groups is 1. The topological polar surface area (TPSA) is 83.7 Å². The van der Waals surface area contributed by atoms with Crippen LogP contribution in [0.1, 0.15) is 64.0 Å². The van der Waals surface area contributed by atoms with Crippen LogP contribution in [-0.2, 0) is 6.42 Å². The van der Waals surface area contributed by atoms with Crippen LogP contribution in [0.5, 0.6) is 0 Å². The second-order valence-electron chi connectivity index (χ2n) is 6.47. The summed E-state index contributed by atoms with van der Waals surface area (Å²) in [6.45, 7) is 4.47. The van der Waals surface area contributed by atoms with Crippen LogP contribution in [-0.4, -0.2) is 24.1 Å². The van der Waals surface area contributed by atoms with E-state index in [0.717, 1.165) is 52.8 Å². The summed E-state index contributed by atoms with van der Waals surface area (Å²) in [5.41, 5.74) is 5.52. The molecule has 27 heavy (non-hydrogen) atoms. The van der Waals surface area contributed by atoms with E-state index in [1.807, 2.05) is 26.0 Å². The van der Waals surface area contributed by atoms with E-state index in [1.165, 1.54) is 0 Å². The van der Waals surface area contributed by atoms with Crippen LogP contribution in [0.3, 0.4) is 0 Å². The number of benzene rings is 1. The third kappa shape index (κ3) is 4.30. The van der Waals surface area contributed by atoms with E-state index in [0.29, 0.717) is 17.9 Å². The van der Waals surface area contributed by atoms with Gasteiger partial charge < -0.3 is 9.73 Å². The third-order valence-corrected chi connectivity index (χ3v) is 4.99. The van der Waals surface area contributed by atoms with Crippen molar-refractivity contribution in [2.45, 2.75) is 39.5 Å². The molecular formula is C20H22BrN3O3. The minimum absolute atomic E-state index is 0.206. The molecule has 0 aliphatic heterocycles. The number of nitrogens with one attached hydrogen (secondary N) is 2. The molecule has 0 radical (unpaired) electrons. The Kier molecular flexibility index (Phi) is 6.11. The minimum atomic E-state index is -0.274. The highest BCUT2D eigenvalue weighted by Crippen LogP contribution is 2.29. The van der Waals surface area contributed by atoms with Gasteiger partial charge in [0.1, 0.15) is 5.76 Å². The second kappa shape index (κ2) is 8.52. The first-order chi connectivity index (χ1) is 13.0. The van der Waals surface area contributed by atoms with Gasteiger partial charge in [0.05, 0.1) is 5.71 Å². The molecule has 3 rings (SSSR count). The fourth-order valence-corrected chi connectivity index (χ4v) is 3.36. The number of fused-ring (bicyclic) bond motifs is 1. The van der Waals surface area contributed by atoms with Gasteiger partial charge in [0.2, 0.25) is 0 Å². The summed E-state index contributed by atoms with van der Waals surface area (Å²) >= 11 is 3.35. The van der Waals surface area contributed by atoms with E-state index >= 15 is 0 Å². The molecule has 1 aromatic heterocycles. The number of hydrogen-bond donors (Lipinski definition) is 2. The van der Waals surface area contributed by atoms with Crippen LogP contribution in [0, 0.1) is 6.92 Å². The largest absolute Gasteiger partial charge is 0.455 e. The summed E-state index contributed by atoms with van der Waals surface area (Å²) in [6.07, 6.45) is 3.21. The zero-order chi connectivity index (χ0) is 19.4. The Bertz CT molecular complexity index is 885. The van der Waals surface area contributed by atoms with E-state index in [9.17, 15) is 9.59 Å². The molecule has 0 saturated heterocycles. The molecule has 0 bridgehead atoms. The van der Waals surface area contributed by atoms with Crippen molar-refractivity contribution in [3.8, 4) is 0 Å². The molecule has 1 aromatic carbocycles. The van der Waals surface area contributed by atoms with Gasteiger partial charge in [0.15, 0.2) is 5.76 Å². The zero-order valence-corrected chi connectivity index (χ0v) is 17.0. The Balaban J connectivity index is 1.82. The monoisotopic (exact) mass is 431 g/mol. The summed E-state index contributed by atoms with van der Waals surface area (Å²) in [5.74, 6) is 0.616. The number of rotatable bonds is 5. The fourth-order valence-electron chi connectivity index (χ4n) is 3.10. The van der Waals surface area contributed by atoms with Gasteiger partial charge in [-0.05, 0) is 50.5 Å². The Morgan fingerprint density at radius 2 is 1.93 bits per heavy atom. The molecule has 1 aliphatic carbocycles. The maximum absolute atomic E-state index is 12.3. The molecule has 2 aromatic rings. The molecule has 142 valence electrons. The SMILES string of the molecule is CCCNC(=O)c1oc2c(c1C)/C(=N/NC(=O)c1ccc(Br)cc1)CCC2. The molecule has 0 saturated carbocycles. The molecule has 1 aliphatic rings. The van der Waals surface area contributed by atoms with Crippen molar-refractivity contribution in [2.75, 3.05) is 6.54 Å². The van der Waals surface area contributed by atoms with E-state index in [2.05, 4.69) is 31.8 Å². The van der Waals surface area contributed by atoms with Crippen molar-refractivity contribution < 1.29 is 14.0 Å². The van der Waals surface area contributed by atoms with Crippen molar-refractivity contribution >= 4 is 33.5 Å². The normalized spacial score (nSPS) is 14.7. The first-order valence-electron chi connectivity index (χ1n) is 9.04. The van der Waals surface area contributed by atoms with E-state index in [4.69, 9.17) is 4.42 Å². The maximum Gasteiger partial charge on any atom is 0.287 e. The highest BCUT2D eigenvalue weighted by molar-refractivity contribution is 9.10. The van der Waals surface area contributed by atoms with Crippen LogP contribution in [0.25, 0.3) is 0 Å². The molecule has 0 unspecified atom stereocenters. The Morgan fingerprint density at radius 3 is 2.63 bits per heavy atom. The Hall–Kier alpha value is -2.41. The first-order valence-corrected chi connectivity index (χ1v) is 9.83. The molecule has 1 heterocycles. The summed E-state index contributed by atoms with van der Waals surface area (Å²) < 4.78 is 6.73. The average molecular weight is 432 g/mol. The average Bonchev–Trinajstić information content (AvgIpc) is 3.02. The number of hydrogen-bond acceptors (Lipinski definition) is 4.